The number of amides is 1. The summed E-state index contributed by atoms with van der Waals surface area (Å²) in [6, 6.07) is 22.0. The summed E-state index contributed by atoms with van der Waals surface area (Å²) in [5, 5.41) is 7.17. The lowest BCUT2D eigenvalue weighted by Crippen LogP contribution is -2.12. The summed E-state index contributed by atoms with van der Waals surface area (Å²) < 4.78 is 7.38. The van der Waals surface area contributed by atoms with Gasteiger partial charge in [0, 0.05) is 24.0 Å². The van der Waals surface area contributed by atoms with Crippen molar-refractivity contribution in [3.8, 4) is 17.2 Å². The molecular formula is C21H16N4O2. The predicted molar refractivity (Wildman–Crippen MR) is 102 cm³/mol. The standard InChI is InChI=1S/C21H16N4O2/c26-21(23-20-12-14-25(24-20)17-5-2-1-3-6-17)16-8-10-18(11-9-16)27-19-7-4-13-22-15-19/h1-15H,(H,23,24,26). The average Bonchev–Trinajstić information content (AvgIpc) is 3.18. The SMILES string of the molecule is O=C(Nc1ccn(-c2ccccc2)n1)c1ccc(Oc2cccnc2)cc1. The van der Waals surface area contributed by atoms with Gasteiger partial charge in [-0.15, -0.1) is 0 Å². The lowest BCUT2D eigenvalue weighted by molar-refractivity contribution is 0.102. The second-order valence-electron chi connectivity index (χ2n) is 5.75. The highest BCUT2D eigenvalue weighted by molar-refractivity contribution is 6.03. The first-order chi connectivity index (χ1) is 13.3. The van der Waals surface area contributed by atoms with Crippen LogP contribution in [0.15, 0.2) is 91.4 Å². The van der Waals surface area contributed by atoms with E-state index < -0.39 is 0 Å². The minimum atomic E-state index is -0.235. The largest absolute Gasteiger partial charge is 0.456 e. The highest BCUT2D eigenvalue weighted by Gasteiger charge is 2.09. The normalized spacial score (nSPS) is 10.4. The average molecular weight is 356 g/mol. The smallest absolute Gasteiger partial charge is 0.256 e. The molecule has 27 heavy (non-hydrogen) atoms. The van der Waals surface area contributed by atoms with Crippen LogP contribution < -0.4 is 10.1 Å². The van der Waals surface area contributed by atoms with Gasteiger partial charge in [0.1, 0.15) is 11.5 Å². The molecule has 0 fully saturated rings. The minimum absolute atomic E-state index is 0.235. The molecule has 6 heteroatoms. The molecule has 0 aliphatic heterocycles. The van der Waals surface area contributed by atoms with Crippen LogP contribution in [0.4, 0.5) is 5.82 Å². The molecule has 0 aliphatic carbocycles. The van der Waals surface area contributed by atoms with Gasteiger partial charge in [-0.05, 0) is 48.5 Å². The fourth-order valence-electron chi connectivity index (χ4n) is 2.52. The molecule has 4 aromatic rings. The number of carbonyl (C=O) groups is 1. The summed E-state index contributed by atoms with van der Waals surface area (Å²) in [4.78, 5) is 16.4. The molecule has 2 aromatic heterocycles. The number of carbonyl (C=O) groups excluding carboxylic acids is 1. The van der Waals surface area contributed by atoms with E-state index in [1.54, 1.807) is 59.7 Å². The second-order valence-corrected chi connectivity index (χ2v) is 5.75. The maximum Gasteiger partial charge on any atom is 0.256 e. The van der Waals surface area contributed by atoms with Crippen LogP contribution in [-0.4, -0.2) is 20.7 Å². The van der Waals surface area contributed by atoms with E-state index in [1.807, 2.05) is 36.4 Å². The number of hydrogen-bond acceptors (Lipinski definition) is 4. The van der Waals surface area contributed by atoms with Gasteiger partial charge in [-0.25, -0.2) is 4.68 Å². The van der Waals surface area contributed by atoms with E-state index >= 15 is 0 Å². The summed E-state index contributed by atoms with van der Waals surface area (Å²) in [6.45, 7) is 0. The fourth-order valence-corrected chi connectivity index (χ4v) is 2.52. The molecule has 4 rings (SSSR count). The number of ether oxygens (including phenoxy) is 1. The summed E-state index contributed by atoms with van der Waals surface area (Å²) in [6.07, 6.45) is 5.11. The molecule has 0 aliphatic rings. The molecule has 0 unspecified atom stereocenters. The molecular weight excluding hydrogens is 340 g/mol. The summed E-state index contributed by atoms with van der Waals surface area (Å²) in [7, 11) is 0. The fraction of sp³-hybridized carbons (Fsp3) is 0. The monoisotopic (exact) mass is 356 g/mol. The van der Waals surface area contributed by atoms with E-state index in [1.165, 1.54) is 0 Å². The van der Waals surface area contributed by atoms with E-state index in [4.69, 9.17) is 4.74 Å². The Morgan fingerprint density at radius 3 is 2.44 bits per heavy atom. The van der Waals surface area contributed by atoms with Gasteiger partial charge in [0.05, 0.1) is 11.9 Å². The number of para-hydroxylation sites is 1. The Labute approximate surface area is 156 Å². The number of anilines is 1. The van der Waals surface area contributed by atoms with E-state index in [0.29, 0.717) is 22.9 Å². The van der Waals surface area contributed by atoms with Crippen molar-refractivity contribution in [1.29, 1.82) is 0 Å². The first-order valence-electron chi connectivity index (χ1n) is 8.38. The number of aromatic nitrogens is 3. The maximum absolute atomic E-state index is 12.4. The van der Waals surface area contributed by atoms with Crippen molar-refractivity contribution < 1.29 is 9.53 Å². The van der Waals surface area contributed by atoms with Crippen molar-refractivity contribution in [2.75, 3.05) is 5.32 Å². The van der Waals surface area contributed by atoms with Gasteiger partial charge in [0.2, 0.25) is 0 Å². The van der Waals surface area contributed by atoms with E-state index in [0.717, 1.165) is 5.69 Å². The van der Waals surface area contributed by atoms with Gasteiger partial charge in [-0.2, -0.15) is 5.10 Å². The quantitative estimate of drug-likeness (QED) is 0.578. The van der Waals surface area contributed by atoms with Gasteiger partial charge >= 0.3 is 0 Å². The molecule has 132 valence electrons. The van der Waals surface area contributed by atoms with E-state index in [9.17, 15) is 4.79 Å². The summed E-state index contributed by atoms with van der Waals surface area (Å²) in [5.41, 5.74) is 1.44. The highest BCUT2D eigenvalue weighted by Crippen LogP contribution is 2.21. The van der Waals surface area contributed by atoms with Crippen LogP contribution in [0.1, 0.15) is 10.4 Å². The molecule has 0 saturated carbocycles. The summed E-state index contributed by atoms with van der Waals surface area (Å²) >= 11 is 0. The molecule has 0 spiro atoms. The number of benzene rings is 2. The zero-order chi connectivity index (χ0) is 18.5. The van der Waals surface area contributed by atoms with Crippen molar-refractivity contribution in [1.82, 2.24) is 14.8 Å². The van der Waals surface area contributed by atoms with Crippen molar-refractivity contribution in [2.45, 2.75) is 0 Å². The molecule has 1 amide bonds. The maximum atomic E-state index is 12.4. The summed E-state index contributed by atoms with van der Waals surface area (Å²) in [5.74, 6) is 1.52. The van der Waals surface area contributed by atoms with Gasteiger partial charge < -0.3 is 10.1 Å². The molecule has 0 radical (unpaired) electrons. The molecule has 2 heterocycles. The lowest BCUT2D eigenvalue weighted by atomic mass is 10.2. The molecule has 0 saturated heterocycles. The van der Waals surface area contributed by atoms with Crippen LogP contribution >= 0.6 is 0 Å². The van der Waals surface area contributed by atoms with Crippen LogP contribution in [0.2, 0.25) is 0 Å². The molecule has 6 nitrogen and oxygen atoms in total. The Hall–Kier alpha value is -3.93. The third-order valence-electron chi connectivity index (χ3n) is 3.84. The number of hydrogen-bond donors (Lipinski definition) is 1. The van der Waals surface area contributed by atoms with Crippen LogP contribution in [-0.2, 0) is 0 Å². The van der Waals surface area contributed by atoms with Gasteiger partial charge in [0.15, 0.2) is 5.82 Å². The Kier molecular flexibility index (Phi) is 4.61. The topological polar surface area (TPSA) is 69.0 Å². The van der Waals surface area contributed by atoms with Crippen molar-refractivity contribution in [2.24, 2.45) is 0 Å². The zero-order valence-electron chi connectivity index (χ0n) is 14.3. The van der Waals surface area contributed by atoms with Crippen LogP contribution in [0.5, 0.6) is 11.5 Å². The molecule has 0 bridgehead atoms. The minimum Gasteiger partial charge on any atom is -0.456 e. The van der Waals surface area contributed by atoms with Crippen LogP contribution in [0.25, 0.3) is 5.69 Å². The molecule has 2 aromatic carbocycles. The van der Waals surface area contributed by atoms with Crippen LogP contribution in [0, 0.1) is 0 Å². The number of rotatable bonds is 5. The number of nitrogens with zero attached hydrogens (tertiary/aromatic N) is 3. The Morgan fingerprint density at radius 1 is 0.889 bits per heavy atom. The Balaban J connectivity index is 1.42. The van der Waals surface area contributed by atoms with Gasteiger partial charge in [-0.3, -0.25) is 9.78 Å². The first kappa shape index (κ1) is 16.5. The van der Waals surface area contributed by atoms with E-state index in [2.05, 4.69) is 15.4 Å². The van der Waals surface area contributed by atoms with Gasteiger partial charge in [-0.1, -0.05) is 18.2 Å². The Morgan fingerprint density at radius 2 is 1.70 bits per heavy atom. The van der Waals surface area contributed by atoms with Crippen molar-refractivity contribution in [3.63, 3.8) is 0 Å². The number of pyridine rings is 1. The third kappa shape index (κ3) is 4.01. The third-order valence-corrected chi connectivity index (χ3v) is 3.84. The number of nitrogens with one attached hydrogen (secondary N) is 1. The zero-order valence-corrected chi connectivity index (χ0v) is 14.3. The predicted octanol–water partition coefficient (Wildman–Crippen LogP) is 4.31. The van der Waals surface area contributed by atoms with Crippen molar-refractivity contribution >= 4 is 11.7 Å². The van der Waals surface area contributed by atoms with E-state index in [-0.39, 0.29) is 5.91 Å². The second kappa shape index (κ2) is 7.53. The molecule has 0 atom stereocenters. The van der Waals surface area contributed by atoms with Crippen LogP contribution in [0.3, 0.4) is 0 Å². The Bertz CT molecular complexity index is 1030. The van der Waals surface area contributed by atoms with Crippen molar-refractivity contribution in [3.05, 3.63) is 97.0 Å². The molecule has 1 N–H and O–H groups in total. The van der Waals surface area contributed by atoms with Gasteiger partial charge in [0.25, 0.3) is 5.91 Å². The lowest BCUT2D eigenvalue weighted by Gasteiger charge is -2.06. The first-order valence-corrected chi connectivity index (χ1v) is 8.38. The highest BCUT2D eigenvalue weighted by atomic mass is 16.5.